The van der Waals surface area contributed by atoms with Crippen LogP contribution in [-0.4, -0.2) is 43.2 Å². The molecule has 5 nitrogen and oxygen atoms in total. The van der Waals surface area contributed by atoms with Crippen LogP contribution in [0, 0.1) is 5.82 Å². The van der Waals surface area contributed by atoms with E-state index >= 15 is 0 Å². The molecule has 0 radical (unpaired) electrons. The number of hydrogen-bond acceptors (Lipinski definition) is 6. The maximum absolute atomic E-state index is 14.3. The van der Waals surface area contributed by atoms with Gasteiger partial charge in [-0.3, -0.25) is 0 Å². The highest BCUT2D eigenvalue weighted by Gasteiger charge is 2.51. The first-order chi connectivity index (χ1) is 12.8. The summed E-state index contributed by atoms with van der Waals surface area (Å²) in [5.41, 5.74) is -0.385. The lowest BCUT2D eigenvalue weighted by Crippen LogP contribution is -2.51. The SMILES string of the molecule is CN(c1cc(Cl)ccc1F)C1(C)COC2(CCN(c3cnc(Cl)s3)CC2)O1. The van der Waals surface area contributed by atoms with Crippen molar-refractivity contribution in [3.05, 3.63) is 39.7 Å². The van der Waals surface area contributed by atoms with Crippen molar-refractivity contribution in [1.82, 2.24) is 4.98 Å². The molecule has 2 fully saturated rings. The monoisotopic (exact) mass is 431 g/mol. The van der Waals surface area contributed by atoms with Gasteiger partial charge in [0.05, 0.1) is 18.5 Å². The summed E-state index contributed by atoms with van der Waals surface area (Å²) in [4.78, 5) is 8.10. The van der Waals surface area contributed by atoms with E-state index < -0.39 is 11.5 Å². The van der Waals surface area contributed by atoms with Crippen molar-refractivity contribution in [2.24, 2.45) is 0 Å². The fourth-order valence-corrected chi connectivity index (χ4v) is 4.74. The topological polar surface area (TPSA) is 37.8 Å². The van der Waals surface area contributed by atoms with E-state index in [2.05, 4.69) is 9.88 Å². The van der Waals surface area contributed by atoms with Crippen LogP contribution in [0.4, 0.5) is 15.1 Å². The number of ether oxygens (including phenoxy) is 2. The number of hydrogen-bond donors (Lipinski definition) is 0. The smallest absolute Gasteiger partial charge is 0.185 e. The van der Waals surface area contributed by atoms with Gasteiger partial charge in [0, 0.05) is 38.0 Å². The lowest BCUT2D eigenvalue weighted by molar-refractivity contribution is -0.195. The average molecular weight is 432 g/mol. The molecule has 0 aliphatic carbocycles. The fourth-order valence-electron chi connectivity index (χ4n) is 3.59. The molecular weight excluding hydrogens is 412 g/mol. The lowest BCUT2D eigenvalue weighted by atomic mass is 10.0. The third kappa shape index (κ3) is 3.63. The highest BCUT2D eigenvalue weighted by molar-refractivity contribution is 7.19. The van der Waals surface area contributed by atoms with E-state index in [4.69, 9.17) is 32.7 Å². The molecule has 1 aromatic heterocycles. The van der Waals surface area contributed by atoms with Gasteiger partial charge in [0.15, 0.2) is 16.0 Å². The minimum absolute atomic E-state index is 0.343. The fraction of sp³-hybridized carbons (Fsp3) is 0.500. The number of piperidine rings is 1. The molecule has 0 N–H and O–H groups in total. The molecule has 0 amide bonds. The molecule has 2 aliphatic rings. The number of aromatic nitrogens is 1. The molecule has 2 saturated heterocycles. The maximum Gasteiger partial charge on any atom is 0.185 e. The van der Waals surface area contributed by atoms with E-state index in [1.807, 2.05) is 6.92 Å². The summed E-state index contributed by atoms with van der Waals surface area (Å²) in [6.07, 6.45) is 3.22. The van der Waals surface area contributed by atoms with Crippen LogP contribution in [-0.2, 0) is 9.47 Å². The van der Waals surface area contributed by atoms with Gasteiger partial charge in [-0.05, 0) is 25.1 Å². The maximum atomic E-state index is 14.3. The minimum atomic E-state index is -0.776. The molecule has 27 heavy (non-hydrogen) atoms. The Labute approximate surface area is 171 Å². The second-order valence-corrected chi connectivity index (χ2v) is 9.10. The van der Waals surface area contributed by atoms with E-state index in [1.165, 1.54) is 23.5 Å². The Hall–Kier alpha value is -1.12. The number of rotatable bonds is 3. The molecule has 3 heterocycles. The zero-order valence-electron chi connectivity index (χ0n) is 15.0. The van der Waals surface area contributed by atoms with Gasteiger partial charge in [0.2, 0.25) is 0 Å². The van der Waals surface area contributed by atoms with Gasteiger partial charge in [-0.15, -0.1) is 0 Å². The summed E-state index contributed by atoms with van der Waals surface area (Å²) in [5, 5.41) is 1.53. The first-order valence-corrected chi connectivity index (χ1v) is 10.3. The molecule has 0 bridgehead atoms. The van der Waals surface area contributed by atoms with Crippen molar-refractivity contribution in [2.45, 2.75) is 31.3 Å². The standard InChI is InChI=1S/C18H20Cl2FN3O2S/c1-17(23(2)14-9-12(19)3-4-13(14)21)11-25-18(26-17)5-7-24(8-6-18)15-10-22-16(20)27-15/h3-4,9-10H,5-8,11H2,1-2H3. The molecule has 4 rings (SSSR count). The first-order valence-electron chi connectivity index (χ1n) is 8.70. The van der Waals surface area contributed by atoms with Crippen molar-refractivity contribution in [1.29, 1.82) is 0 Å². The molecule has 2 aliphatic heterocycles. The van der Waals surface area contributed by atoms with Crippen LogP contribution in [0.3, 0.4) is 0 Å². The Kier molecular flexibility index (Phi) is 5.01. The number of halogens is 3. The lowest BCUT2D eigenvalue weighted by Gasteiger charge is -2.41. The van der Waals surface area contributed by atoms with Crippen molar-refractivity contribution >= 4 is 45.2 Å². The van der Waals surface area contributed by atoms with Crippen molar-refractivity contribution < 1.29 is 13.9 Å². The molecule has 2 aromatic rings. The highest BCUT2D eigenvalue weighted by atomic mass is 35.5. The van der Waals surface area contributed by atoms with Crippen molar-refractivity contribution in [2.75, 3.05) is 36.5 Å². The predicted octanol–water partition coefficient (Wildman–Crippen LogP) is 4.78. The van der Waals surface area contributed by atoms with Gasteiger partial charge in [0.1, 0.15) is 10.8 Å². The summed E-state index contributed by atoms with van der Waals surface area (Å²) in [6.45, 7) is 3.83. The quantitative estimate of drug-likeness (QED) is 0.698. The summed E-state index contributed by atoms with van der Waals surface area (Å²) in [5.74, 6) is -1.01. The molecule has 1 unspecified atom stereocenters. The summed E-state index contributed by atoms with van der Waals surface area (Å²) in [7, 11) is 1.80. The van der Waals surface area contributed by atoms with Crippen LogP contribution in [0.1, 0.15) is 19.8 Å². The van der Waals surface area contributed by atoms with E-state index in [1.54, 1.807) is 24.2 Å². The van der Waals surface area contributed by atoms with Crippen LogP contribution >= 0.6 is 34.5 Å². The molecule has 1 atom stereocenters. The van der Waals surface area contributed by atoms with Gasteiger partial charge in [-0.2, -0.15) is 0 Å². The zero-order chi connectivity index (χ0) is 19.2. The van der Waals surface area contributed by atoms with Gasteiger partial charge >= 0.3 is 0 Å². The van der Waals surface area contributed by atoms with Crippen LogP contribution in [0.15, 0.2) is 24.4 Å². The van der Waals surface area contributed by atoms with E-state index in [-0.39, 0.29) is 5.82 Å². The predicted molar refractivity (Wildman–Crippen MR) is 107 cm³/mol. The number of anilines is 2. The summed E-state index contributed by atoms with van der Waals surface area (Å²) >= 11 is 13.5. The van der Waals surface area contributed by atoms with E-state index in [9.17, 15) is 4.39 Å². The Balaban J connectivity index is 1.47. The van der Waals surface area contributed by atoms with Gasteiger partial charge in [-0.25, -0.2) is 9.37 Å². The van der Waals surface area contributed by atoms with Crippen molar-refractivity contribution in [3.63, 3.8) is 0 Å². The first kappa shape index (κ1) is 19.2. The number of likely N-dealkylation sites (N-methyl/N-ethyl adjacent to an activating group) is 1. The van der Waals surface area contributed by atoms with E-state index in [0.717, 1.165) is 18.1 Å². The number of thiazole rings is 1. The molecular formula is C18H20Cl2FN3O2S. The largest absolute Gasteiger partial charge is 0.362 e. The Morgan fingerprint density at radius 2 is 2.04 bits per heavy atom. The zero-order valence-corrected chi connectivity index (χ0v) is 17.4. The van der Waals surface area contributed by atoms with Crippen LogP contribution in [0.2, 0.25) is 9.49 Å². The molecule has 1 aromatic carbocycles. The molecule has 146 valence electrons. The van der Waals surface area contributed by atoms with E-state index in [0.29, 0.717) is 34.6 Å². The second kappa shape index (κ2) is 7.04. The van der Waals surface area contributed by atoms with Crippen LogP contribution < -0.4 is 9.80 Å². The molecule has 1 spiro atoms. The Morgan fingerprint density at radius 3 is 2.70 bits per heavy atom. The van der Waals surface area contributed by atoms with Gasteiger partial charge in [0.25, 0.3) is 0 Å². The Bertz CT molecular complexity index is 844. The summed E-state index contributed by atoms with van der Waals surface area (Å²) in [6, 6.07) is 4.50. The van der Waals surface area contributed by atoms with Gasteiger partial charge < -0.3 is 19.3 Å². The second-order valence-electron chi connectivity index (χ2n) is 7.07. The average Bonchev–Trinajstić information content (AvgIpc) is 3.22. The number of nitrogens with zero attached hydrogens (tertiary/aromatic N) is 3. The Morgan fingerprint density at radius 1 is 1.30 bits per heavy atom. The third-order valence-corrected chi connectivity index (χ3v) is 6.70. The van der Waals surface area contributed by atoms with Crippen molar-refractivity contribution in [3.8, 4) is 0 Å². The van der Waals surface area contributed by atoms with Crippen LogP contribution in [0.5, 0.6) is 0 Å². The van der Waals surface area contributed by atoms with Gasteiger partial charge in [-0.1, -0.05) is 34.5 Å². The minimum Gasteiger partial charge on any atom is -0.362 e. The molecule has 9 heteroatoms. The molecule has 0 saturated carbocycles. The third-order valence-electron chi connectivity index (χ3n) is 5.29. The summed E-state index contributed by atoms with van der Waals surface area (Å²) < 4.78 is 27.4. The highest BCUT2D eigenvalue weighted by Crippen LogP contribution is 2.43. The number of benzene rings is 1. The van der Waals surface area contributed by atoms with Crippen LogP contribution in [0.25, 0.3) is 0 Å². The normalized spacial score (nSPS) is 24.6.